The molecule has 5 nitrogen and oxygen atoms in total. The van der Waals surface area contributed by atoms with E-state index in [-0.39, 0.29) is 11.8 Å². The van der Waals surface area contributed by atoms with E-state index in [2.05, 4.69) is 61.6 Å². The fraction of sp³-hybridized carbons (Fsp3) is 0.481. The fourth-order valence-electron chi connectivity index (χ4n) is 5.10. The van der Waals surface area contributed by atoms with Crippen molar-refractivity contribution in [3.05, 3.63) is 59.2 Å². The number of aryl methyl sites for hydroxylation is 2. The summed E-state index contributed by atoms with van der Waals surface area (Å²) in [6.07, 6.45) is 3.66. The Hall–Kier alpha value is -2.66. The maximum absolute atomic E-state index is 13.5. The molecule has 2 amide bonds. The topological polar surface area (TPSA) is 58.6 Å². The van der Waals surface area contributed by atoms with Crippen LogP contribution in [0.5, 0.6) is 0 Å². The number of ether oxygens (including phenoxy) is 1. The second kappa shape index (κ2) is 9.86. The summed E-state index contributed by atoms with van der Waals surface area (Å²) in [4.78, 5) is 27.2. The van der Waals surface area contributed by atoms with Gasteiger partial charge in [0.1, 0.15) is 0 Å². The van der Waals surface area contributed by atoms with Gasteiger partial charge in [0.15, 0.2) is 0 Å². The first-order chi connectivity index (χ1) is 15.5. The van der Waals surface area contributed by atoms with E-state index in [1.165, 1.54) is 27.8 Å². The Kier molecular flexibility index (Phi) is 6.95. The number of carbonyl (C=O) groups excluding carboxylic acids is 2. The molecule has 2 aromatic carbocycles. The predicted octanol–water partition coefficient (Wildman–Crippen LogP) is 4.05. The maximum atomic E-state index is 13.5. The fourth-order valence-corrected chi connectivity index (χ4v) is 5.10. The number of rotatable bonds is 7. The van der Waals surface area contributed by atoms with Crippen molar-refractivity contribution in [2.24, 2.45) is 5.41 Å². The Labute approximate surface area is 191 Å². The first-order valence-corrected chi connectivity index (χ1v) is 11.8. The van der Waals surface area contributed by atoms with Crippen LogP contribution in [0.25, 0.3) is 11.1 Å². The summed E-state index contributed by atoms with van der Waals surface area (Å²) in [5, 5.41) is 3.15. The van der Waals surface area contributed by atoms with Gasteiger partial charge in [-0.1, -0.05) is 48.0 Å². The summed E-state index contributed by atoms with van der Waals surface area (Å²) in [6, 6.07) is 15.0. The SMILES string of the molecule is Cc1ccc(-c2ccccc2CC2(C(=O)NCCN3CCCC3=O)CCOCC2)c(C)c1. The molecule has 32 heavy (non-hydrogen) atoms. The molecule has 0 radical (unpaired) electrons. The number of hydrogen-bond donors (Lipinski definition) is 1. The molecular formula is C27H34N2O3. The summed E-state index contributed by atoms with van der Waals surface area (Å²) in [5.74, 6) is 0.283. The van der Waals surface area contributed by atoms with Crippen LogP contribution in [0.3, 0.4) is 0 Å². The van der Waals surface area contributed by atoms with Gasteiger partial charge in [0.2, 0.25) is 11.8 Å². The van der Waals surface area contributed by atoms with E-state index in [0.717, 1.165) is 13.0 Å². The highest BCUT2D eigenvalue weighted by atomic mass is 16.5. The van der Waals surface area contributed by atoms with Crippen LogP contribution in [0, 0.1) is 19.3 Å². The van der Waals surface area contributed by atoms with Gasteiger partial charge in [0.25, 0.3) is 0 Å². The lowest BCUT2D eigenvalue weighted by atomic mass is 9.73. The monoisotopic (exact) mass is 434 g/mol. The van der Waals surface area contributed by atoms with Crippen LogP contribution >= 0.6 is 0 Å². The van der Waals surface area contributed by atoms with Crippen LogP contribution in [0.15, 0.2) is 42.5 Å². The molecule has 2 heterocycles. The molecule has 0 atom stereocenters. The highest BCUT2D eigenvalue weighted by molar-refractivity contribution is 5.84. The molecule has 0 unspecified atom stereocenters. The van der Waals surface area contributed by atoms with Crippen molar-refractivity contribution in [3.63, 3.8) is 0 Å². The maximum Gasteiger partial charge on any atom is 0.226 e. The Morgan fingerprint density at radius 3 is 2.59 bits per heavy atom. The van der Waals surface area contributed by atoms with Crippen LogP contribution in [0.2, 0.25) is 0 Å². The smallest absolute Gasteiger partial charge is 0.226 e. The van der Waals surface area contributed by atoms with Gasteiger partial charge in [0, 0.05) is 39.3 Å². The van der Waals surface area contributed by atoms with Crippen molar-refractivity contribution >= 4 is 11.8 Å². The summed E-state index contributed by atoms with van der Waals surface area (Å²) < 4.78 is 5.63. The van der Waals surface area contributed by atoms with Crippen molar-refractivity contribution in [2.75, 3.05) is 32.8 Å². The highest BCUT2D eigenvalue weighted by Crippen LogP contribution is 2.38. The summed E-state index contributed by atoms with van der Waals surface area (Å²) in [5.41, 5.74) is 5.64. The predicted molar refractivity (Wildman–Crippen MR) is 126 cm³/mol. The van der Waals surface area contributed by atoms with Gasteiger partial charge in [-0.3, -0.25) is 9.59 Å². The molecule has 0 aromatic heterocycles. The van der Waals surface area contributed by atoms with Crippen molar-refractivity contribution < 1.29 is 14.3 Å². The van der Waals surface area contributed by atoms with E-state index in [9.17, 15) is 9.59 Å². The molecule has 170 valence electrons. The molecular weight excluding hydrogens is 400 g/mol. The minimum absolute atomic E-state index is 0.0860. The normalized spacial score (nSPS) is 18.1. The van der Waals surface area contributed by atoms with Crippen LogP contribution in [0.1, 0.15) is 42.4 Å². The van der Waals surface area contributed by atoms with Crippen molar-refractivity contribution in [1.29, 1.82) is 0 Å². The lowest BCUT2D eigenvalue weighted by molar-refractivity contribution is -0.137. The van der Waals surface area contributed by atoms with Gasteiger partial charge < -0.3 is 15.0 Å². The lowest BCUT2D eigenvalue weighted by Crippen LogP contribution is -2.48. The number of nitrogens with zero attached hydrogens (tertiary/aromatic N) is 1. The van der Waals surface area contributed by atoms with E-state index in [1.807, 2.05) is 4.90 Å². The van der Waals surface area contributed by atoms with Gasteiger partial charge in [-0.15, -0.1) is 0 Å². The molecule has 0 bridgehead atoms. The largest absolute Gasteiger partial charge is 0.381 e. The molecule has 2 saturated heterocycles. The van der Waals surface area contributed by atoms with Gasteiger partial charge >= 0.3 is 0 Å². The van der Waals surface area contributed by atoms with Crippen LogP contribution in [-0.2, 0) is 20.7 Å². The lowest BCUT2D eigenvalue weighted by Gasteiger charge is -2.36. The van der Waals surface area contributed by atoms with Crippen LogP contribution in [-0.4, -0.2) is 49.6 Å². The number of carbonyl (C=O) groups is 2. The Morgan fingerprint density at radius 2 is 1.88 bits per heavy atom. The third kappa shape index (κ3) is 4.88. The zero-order valence-electron chi connectivity index (χ0n) is 19.3. The summed E-state index contributed by atoms with van der Waals surface area (Å²) in [7, 11) is 0. The highest BCUT2D eigenvalue weighted by Gasteiger charge is 2.40. The quantitative estimate of drug-likeness (QED) is 0.715. The zero-order valence-corrected chi connectivity index (χ0v) is 19.3. The third-order valence-corrected chi connectivity index (χ3v) is 6.99. The van der Waals surface area contributed by atoms with Crippen molar-refractivity contribution in [2.45, 2.75) is 46.0 Å². The summed E-state index contributed by atoms with van der Waals surface area (Å²) in [6.45, 7) is 7.36. The average Bonchev–Trinajstić information content (AvgIpc) is 3.20. The standard InChI is InChI=1S/C27H34N2O3/c1-20-9-10-23(21(2)18-20)24-7-4-3-6-22(24)19-27(11-16-32-17-12-27)26(31)28-13-15-29-14-5-8-25(29)30/h3-4,6-7,9-10,18H,5,8,11-17,19H2,1-2H3,(H,28,31). The van der Waals surface area contributed by atoms with Crippen molar-refractivity contribution in [1.82, 2.24) is 10.2 Å². The molecule has 1 N–H and O–H groups in total. The first kappa shape index (κ1) is 22.5. The summed E-state index contributed by atoms with van der Waals surface area (Å²) >= 11 is 0. The molecule has 0 spiro atoms. The van der Waals surface area contributed by atoms with E-state index in [4.69, 9.17) is 4.74 Å². The van der Waals surface area contributed by atoms with Gasteiger partial charge in [0.05, 0.1) is 5.41 Å². The Morgan fingerprint density at radius 1 is 1.09 bits per heavy atom. The van der Waals surface area contributed by atoms with E-state index in [1.54, 1.807) is 0 Å². The van der Waals surface area contributed by atoms with E-state index < -0.39 is 5.41 Å². The van der Waals surface area contributed by atoms with Crippen molar-refractivity contribution in [3.8, 4) is 11.1 Å². The Bertz CT molecular complexity index is 979. The molecule has 2 aromatic rings. The molecule has 0 saturated carbocycles. The Balaban J connectivity index is 1.54. The number of nitrogens with one attached hydrogen (secondary N) is 1. The number of hydrogen-bond acceptors (Lipinski definition) is 3. The van der Waals surface area contributed by atoms with Crippen LogP contribution < -0.4 is 5.32 Å². The van der Waals surface area contributed by atoms with E-state index in [0.29, 0.717) is 52.0 Å². The molecule has 2 aliphatic rings. The number of amides is 2. The zero-order chi connectivity index (χ0) is 22.6. The van der Waals surface area contributed by atoms with Gasteiger partial charge in [-0.2, -0.15) is 0 Å². The van der Waals surface area contributed by atoms with E-state index >= 15 is 0 Å². The second-order valence-electron chi connectivity index (χ2n) is 9.29. The molecule has 0 aliphatic carbocycles. The molecule has 2 aliphatic heterocycles. The third-order valence-electron chi connectivity index (χ3n) is 6.99. The molecule has 4 rings (SSSR count). The number of likely N-dealkylation sites (tertiary alicyclic amines) is 1. The average molecular weight is 435 g/mol. The van der Waals surface area contributed by atoms with Gasteiger partial charge in [-0.25, -0.2) is 0 Å². The second-order valence-corrected chi connectivity index (χ2v) is 9.29. The van der Waals surface area contributed by atoms with Gasteiger partial charge in [-0.05, 0) is 61.8 Å². The first-order valence-electron chi connectivity index (χ1n) is 11.8. The molecule has 5 heteroatoms. The number of benzene rings is 2. The molecule has 2 fully saturated rings. The minimum atomic E-state index is -0.484. The minimum Gasteiger partial charge on any atom is -0.381 e. The van der Waals surface area contributed by atoms with Crippen LogP contribution in [0.4, 0.5) is 0 Å².